The Morgan fingerprint density at radius 3 is 2.67 bits per heavy atom. The molecule has 2 aliphatic carbocycles. The van der Waals surface area contributed by atoms with Gasteiger partial charge in [0.2, 0.25) is 0 Å². The van der Waals surface area contributed by atoms with Crippen molar-refractivity contribution >= 4 is 6.08 Å². The standard InChI is InChI=1S/C27H30N2O/c1-18-8-11-23(12-9-18)29-25-15-22-10-13-24(27(22,3)16-21(25)17-28-29)26(30)14-20-7-5-4-6-19(20)2/h4-9,11-12,15,17,24,26,30H,10,13-14,16H2,1-3H3/t24-,26+,27+/m1/s1. The van der Waals surface area contributed by atoms with Gasteiger partial charge >= 0.3 is 0 Å². The first-order chi connectivity index (χ1) is 14.5. The van der Waals surface area contributed by atoms with Crippen molar-refractivity contribution in [2.45, 2.75) is 52.6 Å². The van der Waals surface area contributed by atoms with Gasteiger partial charge in [0, 0.05) is 0 Å². The molecule has 0 saturated heterocycles. The highest BCUT2D eigenvalue weighted by atomic mass is 16.3. The first-order valence-corrected chi connectivity index (χ1v) is 11.0. The number of hydrogen-bond donors (Lipinski definition) is 1. The van der Waals surface area contributed by atoms with Gasteiger partial charge in [-0.1, -0.05) is 54.5 Å². The van der Waals surface area contributed by atoms with Crippen LogP contribution >= 0.6 is 0 Å². The molecule has 3 aromatic rings. The predicted molar refractivity (Wildman–Crippen MR) is 122 cm³/mol. The van der Waals surface area contributed by atoms with E-state index in [0.717, 1.165) is 31.4 Å². The molecule has 0 bridgehead atoms. The molecule has 154 valence electrons. The van der Waals surface area contributed by atoms with Crippen LogP contribution in [0.3, 0.4) is 0 Å². The van der Waals surface area contributed by atoms with Gasteiger partial charge in [-0.2, -0.15) is 5.10 Å². The number of benzene rings is 2. The van der Waals surface area contributed by atoms with Crippen LogP contribution < -0.4 is 0 Å². The Labute approximate surface area is 179 Å². The zero-order valence-corrected chi connectivity index (χ0v) is 18.1. The van der Waals surface area contributed by atoms with Crippen molar-refractivity contribution in [2.24, 2.45) is 11.3 Å². The lowest BCUT2D eigenvalue weighted by Gasteiger charge is -2.38. The van der Waals surface area contributed by atoms with Crippen LogP contribution in [0.2, 0.25) is 0 Å². The van der Waals surface area contributed by atoms with Gasteiger partial charge < -0.3 is 5.11 Å². The summed E-state index contributed by atoms with van der Waals surface area (Å²) in [5.41, 5.74) is 8.87. The van der Waals surface area contributed by atoms with E-state index in [1.807, 2.05) is 6.20 Å². The molecule has 30 heavy (non-hydrogen) atoms. The summed E-state index contributed by atoms with van der Waals surface area (Å²) in [5.74, 6) is 0.277. The maximum Gasteiger partial charge on any atom is 0.0700 e. The third-order valence-corrected chi connectivity index (χ3v) is 7.46. The number of allylic oxidation sites excluding steroid dienone is 1. The lowest BCUT2D eigenvalue weighted by atomic mass is 9.67. The third-order valence-electron chi connectivity index (χ3n) is 7.46. The van der Waals surface area contributed by atoms with Crippen molar-refractivity contribution in [3.05, 3.63) is 88.2 Å². The molecule has 0 spiro atoms. The van der Waals surface area contributed by atoms with E-state index in [1.165, 1.54) is 33.5 Å². The Morgan fingerprint density at radius 1 is 1.13 bits per heavy atom. The van der Waals surface area contributed by atoms with Crippen LogP contribution in [0.4, 0.5) is 0 Å². The minimum atomic E-state index is -0.323. The topological polar surface area (TPSA) is 38.0 Å². The summed E-state index contributed by atoms with van der Waals surface area (Å²) in [7, 11) is 0. The third kappa shape index (κ3) is 3.13. The zero-order valence-electron chi connectivity index (χ0n) is 18.1. The molecule has 5 rings (SSSR count). The van der Waals surface area contributed by atoms with Gasteiger partial charge in [0.25, 0.3) is 0 Å². The average molecular weight is 399 g/mol. The normalized spacial score (nSPS) is 23.6. The smallest absolute Gasteiger partial charge is 0.0700 e. The van der Waals surface area contributed by atoms with Gasteiger partial charge in [-0.3, -0.25) is 0 Å². The second-order valence-corrected chi connectivity index (χ2v) is 9.41. The first-order valence-electron chi connectivity index (χ1n) is 11.0. The second kappa shape index (κ2) is 7.24. The number of hydrogen-bond acceptors (Lipinski definition) is 2. The number of aromatic nitrogens is 2. The molecule has 3 atom stereocenters. The molecule has 0 amide bonds. The summed E-state index contributed by atoms with van der Waals surface area (Å²) in [4.78, 5) is 0. The van der Waals surface area contributed by atoms with Gasteiger partial charge in [0.05, 0.1) is 23.7 Å². The van der Waals surface area contributed by atoms with E-state index >= 15 is 0 Å². The number of aliphatic hydroxyl groups is 1. The summed E-state index contributed by atoms with van der Waals surface area (Å²) in [5, 5.41) is 16.0. The van der Waals surface area contributed by atoms with Crippen LogP contribution in [-0.4, -0.2) is 21.0 Å². The van der Waals surface area contributed by atoms with Crippen molar-refractivity contribution in [1.82, 2.24) is 9.78 Å². The number of aliphatic hydroxyl groups excluding tert-OH is 1. The van der Waals surface area contributed by atoms with Gasteiger partial charge in [-0.05, 0) is 85.8 Å². The molecule has 1 N–H and O–H groups in total. The lowest BCUT2D eigenvalue weighted by molar-refractivity contribution is 0.0565. The number of nitrogens with zero attached hydrogens (tertiary/aromatic N) is 2. The molecule has 1 heterocycles. The fraction of sp³-hybridized carbons (Fsp3) is 0.370. The number of rotatable bonds is 4. The minimum Gasteiger partial charge on any atom is -0.392 e. The summed E-state index contributed by atoms with van der Waals surface area (Å²) < 4.78 is 2.07. The van der Waals surface area contributed by atoms with Crippen LogP contribution in [0.1, 0.15) is 47.7 Å². The molecule has 2 aromatic carbocycles. The zero-order chi connectivity index (χ0) is 20.9. The molecule has 2 aliphatic rings. The van der Waals surface area contributed by atoms with Crippen molar-refractivity contribution in [1.29, 1.82) is 0 Å². The predicted octanol–water partition coefficient (Wildman–Crippen LogP) is 5.45. The van der Waals surface area contributed by atoms with E-state index in [-0.39, 0.29) is 17.4 Å². The molecule has 0 unspecified atom stereocenters. The largest absolute Gasteiger partial charge is 0.392 e. The lowest BCUT2D eigenvalue weighted by Crippen LogP contribution is -2.37. The molecule has 1 fully saturated rings. The summed E-state index contributed by atoms with van der Waals surface area (Å²) in [6.07, 6.45) is 7.85. The van der Waals surface area contributed by atoms with Crippen LogP contribution in [0, 0.1) is 25.2 Å². The highest BCUT2D eigenvalue weighted by Crippen LogP contribution is 2.54. The van der Waals surface area contributed by atoms with Crippen LogP contribution in [0.25, 0.3) is 11.8 Å². The van der Waals surface area contributed by atoms with Crippen LogP contribution in [-0.2, 0) is 12.8 Å². The monoisotopic (exact) mass is 398 g/mol. The van der Waals surface area contributed by atoms with E-state index < -0.39 is 0 Å². The highest BCUT2D eigenvalue weighted by molar-refractivity contribution is 5.62. The fourth-order valence-electron chi connectivity index (χ4n) is 5.59. The molecule has 0 aliphatic heterocycles. The van der Waals surface area contributed by atoms with E-state index in [9.17, 15) is 5.11 Å². The second-order valence-electron chi connectivity index (χ2n) is 9.41. The van der Waals surface area contributed by atoms with Crippen molar-refractivity contribution < 1.29 is 5.11 Å². The Kier molecular flexibility index (Phi) is 4.67. The highest BCUT2D eigenvalue weighted by Gasteiger charge is 2.48. The molecule has 1 saturated carbocycles. The van der Waals surface area contributed by atoms with Gasteiger partial charge in [0.15, 0.2) is 0 Å². The fourth-order valence-corrected chi connectivity index (χ4v) is 5.59. The summed E-state index contributed by atoms with van der Waals surface area (Å²) >= 11 is 0. The molecule has 0 radical (unpaired) electrons. The van der Waals surface area contributed by atoms with E-state index in [4.69, 9.17) is 5.10 Å². The van der Waals surface area contributed by atoms with Gasteiger partial charge in [-0.25, -0.2) is 4.68 Å². The van der Waals surface area contributed by atoms with Crippen LogP contribution in [0.15, 0.2) is 60.3 Å². The SMILES string of the molecule is Cc1ccc(-n2ncc3c2C=C2CC[C@H]([C@@H](O)Cc4ccccc4C)[C@@]2(C)C3)cc1. The van der Waals surface area contributed by atoms with E-state index in [2.05, 4.69) is 80.1 Å². The molecular formula is C27H30N2O. The Morgan fingerprint density at radius 2 is 1.90 bits per heavy atom. The molecule has 1 aromatic heterocycles. The van der Waals surface area contributed by atoms with Crippen molar-refractivity contribution in [3.63, 3.8) is 0 Å². The van der Waals surface area contributed by atoms with Crippen molar-refractivity contribution in [3.8, 4) is 5.69 Å². The molecule has 3 heteroatoms. The number of fused-ring (bicyclic) bond motifs is 2. The van der Waals surface area contributed by atoms with E-state index in [1.54, 1.807) is 0 Å². The molecule has 3 nitrogen and oxygen atoms in total. The van der Waals surface area contributed by atoms with Gasteiger partial charge in [0.1, 0.15) is 0 Å². The first kappa shape index (κ1) is 19.3. The quantitative estimate of drug-likeness (QED) is 0.635. The maximum absolute atomic E-state index is 11.2. The Bertz CT molecular complexity index is 1110. The number of aryl methyl sites for hydroxylation is 2. The summed E-state index contributed by atoms with van der Waals surface area (Å²) in [6, 6.07) is 17.0. The Balaban J connectivity index is 1.44. The van der Waals surface area contributed by atoms with Crippen LogP contribution in [0.5, 0.6) is 0 Å². The average Bonchev–Trinajstić information content (AvgIpc) is 3.28. The summed E-state index contributed by atoms with van der Waals surface area (Å²) in [6.45, 7) is 6.59. The van der Waals surface area contributed by atoms with E-state index in [0.29, 0.717) is 0 Å². The van der Waals surface area contributed by atoms with Gasteiger partial charge in [-0.15, -0.1) is 0 Å². The Hall–Kier alpha value is -2.65. The maximum atomic E-state index is 11.2. The molecular weight excluding hydrogens is 368 g/mol. The minimum absolute atomic E-state index is 0.0102. The van der Waals surface area contributed by atoms with Crippen molar-refractivity contribution in [2.75, 3.05) is 0 Å².